The van der Waals surface area contributed by atoms with Crippen molar-refractivity contribution in [3.05, 3.63) is 94.5 Å². The molecule has 0 aromatic heterocycles. The maximum Gasteiger partial charge on any atom is 0.266 e. The number of carbonyl (C=O) groups excluding carboxylic acids is 3. The molecule has 0 unspecified atom stereocenters. The molecule has 150 valence electrons. The second-order valence-corrected chi connectivity index (χ2v) is 7.03. The Kier molecular flexibility index (Phi) is 5.06. The van der Waals surface area contributed by atoms with Crippen molar-refractivity contribution in [2.75, 3.05) is 12.0 Å². The van der Waals surface area contributed by atoms with Gasteiger partial charge in [-0.15, -0.1) is 0 Å². The van der Waals surface area contributed by atoms with Crippen molar-refractivity contribution in [3.63, 3.8) is 0 Å². The van der Waals surface area contributed by atoms with E-state index in [1.165, 1.54) is 12.1 Å². The summed E-state index contributed by atoms with van der Waals surface area (Å²) in [5.74, 6) is -0.422. The van der Waals surface area contributed by atoms with Crippen LogP contribution in [0, 0.1) is 6.92 Å². The molecule has 0 saturated carbocycles. The van der Waals surface area contributed by atoms with Crippen LogP contribution in [0.1, 0.15) is 42.2 Å². The average Bonchev–Trinajstić information content (AvgIpc) is 3.02. The Morgan fingerprint density at radius 2 is 1.70 bits per heavy atom. The third-order valence-electron chi connectivity index (χ3n) is 5.09. The summed E-state index contributed by atoms with van der Waals surface area (Å²) in [6.45, 7) is 2.16. The number of imide groups is 1. The number of anilines is 1. The number of benzene rings is 3. The van der Waals surface area contributed by atoms with Gasteiger partial charge in [0, 0.05) is 12.1 Å². The minimum Gasteiger partial charge on any atom is -0.497 e. The highest BCUT2D eigenvalue weighted by atomic mass is 16.5. The number of hydrogen-bond donors (Lipinski definition) is 1. The van der Waals surface area contributed by atoms with Crippen LogP contribution in [-0.4, -0.2) is 24.8 Å². The molecule has 6 nitrogen and oxygen atoms in total. The Labute approximate surface area is 174 Å². The molecule has 30 heavy (non-hydrogen) atoms. The number of methoxy groups -OCH3 is 1. The SMILES string of the molecule is COc1cccc(CNC(=O)c2ccc3c(c2)C(=O)N(c2ccccc2C)C3=O)c1. The van der Waals surface area contributed by atoms with E-state index < -0.39 is 5.91 Å². The van der Waals surface area contributed by atoms with Crippen molar-refractivity contribution in [3.8, 4) is 5.75 Å². The van der Waals surface area contributed by atoms with Gasteiger partial charge in [0.25, 0.3) is 17.7 Å². The number of nitrogens with zero attached hydrogens (tertiary/aromatic N) is 1. The first-order chi connectivity index (χ1) is 14.5. The summed E-state index contributed by atoms with van der Waals surface area (Å²) in [6, 6.07) is 19.2. The summed E-state index contributed by atoms with van der Waals surface area (Å²) in [4.78, 5) is 39.5. The van der Waals surface area contributed by atoms with E-state index >= 15 is 0 Å². The summed E-state index contributed by atoms with van der Waals surface area (Å²) >= 11 is 0. The smallest absolute Gasteiger partial charge is 0.266 e. The van der Waals surface area contributed by atoms with Crippen LogP contribution in [0.2, 0.25) is 0 Å². The van der Waals surface area contributed by atoms with E-state index in [0.29, 0.717) is 29.1 Å². The molecular formula is C24H20N2O4. The quantitative estimate of drug-likeness (QED) is 0.662. The molecule has 3 aromatic carbocycles. The number of ether oxygens (including phenoxy) is 1. The molecular weight excluding hydrogens is 380 g/mol. The number of fused-ring (bicyclic) bond motifs is 1. The van der Waals surface area contributed by atoms with E-state index in [9.17, 15) is 14.4 Å². The van der Waals surface area contributed by atoms with Crippen molar-refractivity contribution >= 4 is 23.4 Å². The molecule has 4 rings (SSSR count). The van der Waals surface area contributed by atoms with Crippen LogP contribution in [0.5, 0.6) is 5.75 Å². The van der Waals surface area contributed by atoms with E-state index in [-0.39, 0.29) is 17.4 Å². The normalized spacial score (nSPS) is 12.7. The molecule has 6 heteroatoms. The van der Waals surface area contributed by atoms with Crippen LogP contribution in [0.3, 0.4) is 0 Å². The molecule has 0 radical (unpaired) electrons. The summed E-state index contributed by atoms with van der Waals surface area (Å²) in [5, 5.41) is 2.83. The van der Waals surface area contributed by atoms with Gasteiger partial charge in [-0.1, -0.05) is 30.3 Å². The van der Waals surface area contributed by atoms with Crippen LogP contribution in [0.25, 0.3) is 0 Å². The van der Waals surface area contributed by atoms with Crippen LogP contribution in [0.15, 0.2) is 66.7 Å². The number of amides is 3. The molecule has 1 N–H and O–H groups in total. The van der Waals surface area contributed by atoms with Gasteiger partial charge in [-0.25, -0.2) is 4.90 Å². The largest absolute Gasteiger partial charge is 0.497 e. The third-order valence-corrected chi connectivity index (χ3v) is 5.09. The number of para-hydroxylation sites is 1. The van der Waals surface area contributed by atoms with E-state index in [2.05, 4.69) is 5.32 Å². The minimum atomic E-state index is -0.424. The first-order valence-electron chi connectivity index (χ1n) is 9.49. The van der Waals surface area contributed by atoms with Crippen LogP contribution in [-0.2, 0) is 6.54 Å². The zero-order valence-corrected chi connectivity index (χ0v) is 16.6. The zero-order valence-electron chi connectivity index (χ0n) is 16.6. The number of nitrogens with one attached hydrogen (secondary N) is 1. The number of rotatable bonds is 5. The lowest BCUT2D eigenvalue weighted by molar-refractivity contribution is 0.0923. The Morgan fingerprint density at radius 3 is 2.47 bits per heavy atom. The van der Waals surface area contributed by atoms with E-state index in [4.69, 9.17) is 4.74 Å². The van der Waals surface area contributed by atoms with E-state index in [0.717, 1.165) is 16.0 Å². The molecule has 0 fully saturated rings. The fraction of sp³-hybridized carbons (Fsp3) is 0.125. The second kappa shape index (κ2) is 7.83. The van der Waals surface area contributed by atoms with Gasteiger partial charge < -0.3 is 10.1 Å². The fourth-order valence-electron chi connectivity index (χ4n) is 3.48. The van der Waals surface area contributed by atoms with Crippen molar-refractivity contribution in [2.24, 2.45) is 0 Å². The van der Waals surface area contributed by atoms with Gasteiger partial charge in [0.1, 0.15) is 5.75 Å². The van der Waals surface area contributed by atoms with Crippen molar-refractivity contribution in [1.29, 1.82) is 0 Å². The predicted octanol–water partition coefficient (Wildman–Crippen LogP) is 3.73. The highest BCUT2D eigenvalue weighted by Gasteiger charge is 2.37. The lowest BCUT2D eigenvalue weighted by Crippen LogP contribution is -2.30. The molecule has 0 atom stereocenters. The maximum atomic E-state index is 12.9. The fourth-order valence-corrected chi connectivity index (χ4v) is 3.48. The van der Waals surface area contributed by atoms with Crippen molar-refractivity contribution < 1.29 is 19.1 Å². The van der Waals surface area contributed by atoms with E-state index in [1.807, 2.05) is 43.3 Å². The van der Waals surface area contributed by atoms with E-state index in [1.54, 1.807) is 25.3 Å². The molecule has 1 heterocycles. The van der Waals surface area contributed by atoms with Gasteiger partial charge in [0.05, 0.1) is 23.9 Å². The number of aryl methyl sites for hydroxylation is 1. The molecule has 1 aliphatic rings. The Bertz CT molecular complexity index is 1170. The Balaban J connectivity index is 1.55. The second-order valence-electron chi connectivity index (χ2n) is 7.03. The molecule has 0 spiro atoms. The monoisotopic (exact) mass is 400 g/mol. The van der Waals surface area contributed by atoms with Crippen LogP contribution < -0.4 is 15.0 Å². The van der Waals surface area contributed by atoms with Gasteiger partial charge in [-0.05, 0) is 54.4 Å². The third kappa shape index (κ3) is 3.43. The molecule has 3 aromatic rings. The lowest BCUT2D eigenvalue weighted by Gasteiger charge is -2.16. The molecule has 3 amide bonds. The molecule has 0 aliphatic carbocycles. The van der Waals surface area contributed by atoms with Crippen LogP contribution in [0.4, 0.5) is 5.69 Å². The summed E-state index contributed by atoms with van der Waals surface area (Å²) in [7, 11) is 1.58. The first-order valence-corrected chi connectivity index (χ1v) is 9.49. The Morgan fingerprint density at radius 1 is 0.933 bits per heavy atom. The molecule has 1 aliphatic heterocycles. The topological polar surface area (TPSA) is 75.7 Å². The number of carbonyl (C=O) groups is 3. The van der Waals surface area contributed by atoms with Gasteiger partial charge in [0.15, 0.2) is 0 Å². The lowest BCUT2D eigenvalue weighted by atomic mass is 10.1. The zero-order chi connectivity index (χ0) is 21.3. The Hall–Kier alpha value is -3.93. The highest BCUT2D eigenvalue weighted by molar-refractivity contribution is 6.35. The highest BCUT2D eigenvalue weighted by Crippen LogP contribution is 2.31. The summed E-state index contributed by atoms with van der Waals surface area (Å²) in [6.07, 6.45) is 0. The van der Waals surface area contributed by atoms with Crippen molar-refractivity contribution in [1.82, 2.24) is 5.32 Å². The summed E-state index contributed by atoms with van der Waals surface area (Å²) < 4.78 is 5.19. The maximum absolute atomic E-state index is 12.9. The van der Waals surface area contributed by atoms with Gasteiger partial charge in [-0.2, -0.15) is 0 Å². The molecule has 0 bridgehead atoms. The first kappa shape index (κ1) is 19.4. The molecule has 0 saturated heterocycles. The minimum absolute atomic E-state index is 0.234. The van der Waals surface area contributed by atoms with Gasteiger partial charge >= 0.3 is 0 Å². The predicted molar refractivity (Wildman–Crippen MR) is 113 cm³/mol. The summed E-state index contributed by atoms with van der Waals surface area (Å²) in [5.41, 5.74) is 3.12. The van der Waals surface area contributed by atoms with Crippen molar-refractivity contribution in [2.45, 2.75) is 13.5 Å². The van der Waals surface area contributed by atoms with Gasteiger partial charge in [-0.3, -0.25) is 14.4 Å². The van der Waals surface area contributed by atoms with Crippen LogP contribution >= 0.6 is 0 Å². The number of hydrogen-bond acceptors (Lipinski definition) is 4. The average molecular weight is 400 g/mol. The van der Waals surface area contributed by atoms with Gasteiger partial charge in [0.2, 0.25) is 0 Å². The standard InChI is InChI=1S/C24H20N2O4/c1-15-6-3-4-9-21(15)26-23(28)19-11-10-17(13-20(19)24(26)29)22(27)25-14-16-7-5-8-18(12-16)30-2/h3-13H,14H2,1-2H3,(H,25,27).